The fourth-order valence-corrected chi connectivity index (χ4v) is 1.93. The summed E-state index contributed by atoms with van der Waals surface area (Å²) >= 11 is 0. The Labute approximate surface area is 114 Å². The van der Waals surface area contributed by atoms with Crippen LogP contribution in [0.1, 0.15) is 26.0 Å². The van der Waals surface area contributed by atoms with Crippen molar-refractivity contribution in [1.29, 1.82) is 0 Å². The van der Waals surface area contributed by atoms with E-state index in [0.29, 0.717) is 35.6 Å². The minimum absolute atomic E-state index is 0.293. The lowest BCUT2D eigenvalue weighted by Gasteiger charge is -2.12. The van der Waals surface area contributed by atoms with Gasteiger partial charge in [-0.15, -0.1) is 0 Å². The molecule has 4 nitrogen and oxygen atoms in total. The first-order chi connectivity index (χ1) is 9.56. The van der Waals surface area contributed by atoms with Crippen LogP contribution in [0.4, 0.5) is 8.78 Å². The van der Waals surface area contributed by atoms with E-state index in [1.165, 1.54) is 12.1 Å². The maximum Gasteiger partial charge on any atom is 0.278 e. The second-order valence-electron chi connectivity index (χ2n) is 4.10. The molecular weight excluding hydrogens is 268 g/mol. The van der Waals surface area contributed by atoms with Gasteiger partial charge in [0.2, 0.25) is 0 Å². The van der Waals surface area contributed by atoms with Crippen molar-refractivity contribution < 1.29 is 18.3 Å². The minimum Gasteiger partial charge on any atom is -0.490 e. The minimum atomic E-state index is -2.73. The third kappa shape index (κ3) is 2.74. The number of alkyl halides is 2. The van der Waals surface area contributed by atoms with Gasteiger partial charge in [-0.05, 0) is 19.9 Å². The van der Waals surface area contributed by atoms with Gasteiger partial charge in [0, 0.05) is 17.5 Å². The van der Waals surface area contributed by atoms with Gasteiger partial charge in [0.15, 0.2) is 16.9 Å². The smallest absolute Gasteiger partial charge is 0.278 e. The van der Waals surface area contributed by atoms with Crippen LogP contribution in [0.5, 0.6) is 11.5 Å². The van der Waals surface area contributed by atoms with Crippen molar-refractivity contribution in [1.82, 2.24) is 4.98 Å². The highest BCUT2D eigenvalue weighted by Gasteiger charge is 2.14. The van der Waals surface area contributed by atoms with Crippen LogP contribution >= 0.6 is 0 Å². The molecule has 108 valence electrons. The SMILES string of the molecule is CCOc1cc2[nH]c(C(F)F)cc(=O)c2cc1OCC. The van der Waals surface area contributed by atoms with E-state index in [4.69, 9.17) is 9.47 Å². The quantitative estimate of drug-likeness (QED) is 0.916. The summed E-state index contributed by atoms with van der Waals surface area (Å²) < 4.78 is 36.2. The number of rotatable bonds is 5. The molecule has 2 aromatic rings. The van der Waals surface area contributed by atoms with Gasteiger partial charge in [-0.25, -0.2) is 8.78 Å². The Kier molecular flexibility index (Phi) is 4.22. The number of hydrogen-bond acceptors (Lipinski definition) is 3. The van der Waals surface area contributed by atoms with Crippen molar-refractivity contribution in [2.45, 2.75) is 20.3 Å². The lowest BCUT2D eigenvalue weighted by Crippen LogP contribution is -2.07. The Bertz CT molecular complexity index is 667. The highest BCUT2D eigenvalue weighted by Crippen LogP contribution is 2.31. The number of ether oxygens (including phenoxy) is 2. The summed E-state index contributed by atoms with van der Waals surface area (Å²) in [5.74, 6) is 0.848. The summed E-state index contributed by atoms with van der Waals surface area (Å²) in [6.07, 6.45) is -2.73. The number of benzene rings is 1. The molecule has 0 aliphatic heterocycles. The van der Waals surface area contributed by atoms with Crippen molar-refractivity contribution in [3.05, 3.63) is 34.1 Å². The van der Waals surface area contributed by atoms with E-state index in [1.54, 1.807) is 6.92 Å². The third-order valence-electron chi connectivity index (χ3n) is 2.75. The molecule has 20 heavy (non-hydrogen) atoms. The summed E-state index contributed by atoms with van der Waals surface area (Å²) in [6, 6.07) is 3.93. The Morgan fingerprint density at radius 1 is 1.10 bits per heavy atom. The van der Waals surface area contributed by atoms with Gasteiger partial charge in [0.1, 0.15) is 0 Å². The molecule has 0 amide bonds. The molecule has 0 aliphatic rings. The first kappa shape index (κ1) is 14.3. The van der Waals surface area contributed by atoms with Crippen LogP contribution in [0, 0.1) is 0 Å². The maximum absolute atomic E-state index is 12.7. The van der Waals surface area contributed by atoms with Crippen molar-refractivity contribution in [2.24, 2.45) is 0 Å². The predicted octanol–water partition coefficient (Wildman–Crippen LogP) is 3.26. The zero-order chi connectivity index (χ0) is 14.7. The monoisotopic (exact) mass is 283 g/mol. The fourth-order valence-electron chi connectivity index (χ4n) is 1.93. The van der Waals surface area contributed by atoms with Crippen molar-refractivity contribution in [3.63, 3.8) is 0 Å². The van der Waals surface area contributed by atoms with E-state index in [0.717, 1.165) is 6.07 Å². The largest absolute Gasteiger partial charge is 0.490 e. The Morgan fingerprint density at radius 3 is 2.25 bits per heavy atom. The van der Waals surface area contributed by atoms with E-state index >= 15 is 0 Å². The van der Waals surface area contributed by atoms with Crippen LogP contribution in [-0.2, 0) is 0 Å². The van der Waals surface area contributed by atoms with Crippen LogP contribution in [0.25, 0.3) is 10.9 Å². The topological polar surface area (TPSA) is 51.3 Å². The van der Waals surface area contributed by atoms with E-state index in [2.05, 4.69) is 4.98 Å². The molecule has 0 saturated carbocycles. The number of H-pyrrole nitrogens is 1. The maximum atomic E-state index is 12.7. The molecule has 0 radical (unpaired) electrons. The van der Waals surface area contributed by atoms with E-state index in [1.807, 2.05) is 6.92 Å². The standard InChI is InChI=1S/C14H15F2NO3/c1-3-19-12-5-8-9(7-13(12)20-4-2)17-10(14(15)16)6-11(8)18/h5-7,14H,3-4H2,1-2H3,(H,17,18). The fraction of sp³-hybridized carbons (Fsp3) is 0.357. The number of fused-ring (bicyclic) bond motifs is 1. The number of nitrogens with one attached hydrogen (secondary N) is 1. The molecule has 1 heterocycles. The molecule has 0 spiro atoms. The first-order valence-electron chi connectivity index (χ1n) is 6.31. The van der Waals surface area contributed by atoms with Crippen LogP contribution in [-0.4, -0.2) is 18.2 Å². The van der Waals surface area contributed by atoms with Crippen LogP contribution in [0.15, 0.2) is 23.0 Å². The molecule has 6 heteroatoms. The second kappa shape index (κ2) is 5.90. The molecule has 0 aliphatic carbocycles. The molecule has 0 fully saturated rings. The van der Waals surface area contributed by atoms with Crippen molar-refractivity contribution in [3.8, 4) is 11.5 Å². The average Bonchev–Trinajstić information content (AvgIpc) is 2.40. The number of aromatic nitrogens is 1. The molecule has 1 aromatic heterocycles. The highest BCUT2D eigenvalue weighted by molar-refractivity contribution is 5.82. The van der Waals surface area contributed by atoms with Gasteiger partial charge in [0.05, 0.1) is 24.4 Å². The summed E-state index contributed by atoms with van der Waals surface area (Å²) in [7, 11) is 0. The molecule has 2 rings (SSSR count). The van der Waals surface area contributed by atoms with Gasteiger partial charge in [-0.1, -0.05) is 0 Å². The van der Waals surface area contributed by atoms with Gasteiger partial charge in [0.25, 0.3) is 6.43 Å². The van der Waals surface area contributed by atoms with Gasteiger partial charge >= 0.3 is 0 Å². The molecule has 0 unspecified atom stereocenters. The van der Waals surface area contributed by atoms with Crippen LogP contribution in [0.2, 0.25) is 0 Å². The second-order valence-corrected chi connectivity index (χ2v) is 4.10. The Balaban J connectivity index is 2.66. The summed E-state index contributed by atoms with van der Waals surface area (Å²) in [5.41, 5.74) is -0.577. The molecule has 0 atom stereocenters. The zero-order valence-corrected chi connectivity index (χ0v) is 11.2. The summed E-state index contributed by atoms with van der Waals surface area (Å²) in [5, 5.41) is 0.293. The lowest BCUT2D eigenvalue weighted by molar-refractivity contribution is 0.146. The molecule has 0 saturated heterocycles. The number of halogens is 2. The van der Waals surface area contributed by atoms with E-state index in [9.17, 15) is 13.6 Å². The Hall–Kier alpha value is -2.11. The third-order valence-corrected chi connectivity index (χ3v) is 2.75. The summed E-state index contributed by atoms with van der Waals surface area (Å²) in [6.45, 7) is 4.44. The number of pyridine rings is 1. The summed E-state index contributed by atoms with van der Waals surface area (Å²) in [4.78, 5) is 14.4. The zero-order valence-electron chi connectivity index (χ0n) is 11.2. The van der Waals surface area contributed by atoms with Crippen LogP contribution < -0.4 is 14.9 Å². The van der Waals surface area contributed by atoms with Crippen LogP contribution in [0.3, 0.4) is 0 Å². The van der Waals surface area contributed by atoms with Gasteiger partial charge in [-0.3, -0.25) is 4.79 Å². The molecule has 1 N–H and O–H groups in total. The Morgan fingerprint density at radius 2 is 1.70 bits per heavy atom. The van der Waals surface area contributed by atoms with Gasteiger partial charge in [-0.2, -0.15) is 0 Å². The molecular formula is C14H15F2NO3. The number of hydrogen-bond donors (Lipinski definition) is 1. The lowest BCUT2D eigenvalue weighted by atomic mass is 10.1. The van der Waals surface area contributed by atoms with E-state index in [-0.39, 0.29) is 0 Å². The predicted molar refractivity (Wildman–Crippen MR) is 71.9 cm³/mol. The normalized spacial score (nSPS) is 11.1. The first-order valence-corrected chi connectivity index (χ1v) is 6.31. The molecule has 1 aromatic carbocycles. The van der Waals surface area contributed by atoms with Crippen molar-refractivity contribution in [2.75, 3.05) is 13.2 Å². The van der Waals surface area contributed by atoms with Gasteiger partial charge < -0.3 is 14.5 Å². The van der Waals surface area contributed by atoms with E-state index < -0.39 is 17.5 Å². The average molecular weight is 283 g/mol. The van der Waals surface area contributed by atoms with Crippen molar-refractivity contribution >= 4 is 10.9 Å². The number of aromatic amines is 1. The molecule has 0 bridgehead atoms. The highest BCUT2D eigenvalue weighted by atomic mass is 19.3.